The number of piperidine rings is 1. The molecular formula is C22H22N4O2. The average molecular weight is 374 g/mol. The first-order valence-corrected chi connectivity index (χ1v) is 9.44. The van der Waals surface area contributed by atoms with Crippen LogP contribution in [0.1, 0.15) is 23.2 Å². The number of hydrogen-bond donors (Lipinski definition) is 1. The van der Waals surface area contributed by atoms with E-state index in [-0.39, 0.29) is 11.9 Å². The van der Waals surface area contributed by atoms with E-state index in [1.807, 2.05) is 48.5 Å². The number of ether oxygens (including phenoxy) is 1. The zero-order chi connectivity index (χ0) is 19.2. The molecule has 1 N–H and O–H groups in total. The van der Waals surface area contributed by atoms with Crippen molar-refractivity contribution in [3.05, 3.63) is 78.6 Å². The molecular weight excluding hydrogens is 352 g/mol. The van der Waals surface area contributed by atoms with E-state index in [9.17, 15) is 4.79 Å². The lowest BCUT2D eigenvalue weighted by Gasteiger charge is -2.33. The van der Waals surface area contributed by atoms with Crippen LogP contribution in [0, 0.1) is 0 Å². The number of benzene rings is 1. The van der Waals surface area contributed by atoms with Gasteiger partial charge < -0.3 is 15.0 Å². The minimum Gasteiger partial charge on any atom is -0.438 e. The summed E-state index contributed by atoms with van der Waals surface area (Å²) in [4.78, 5) is 23.7. The van der Waals surface area contributed by atoms with Crippen LogP contribution in [0.4, 0.5) is 5.82 Å². The van der Waals surface area contributed by atoms with Gasteiger partial charge in [-0.2, -0.15) is 0 Å². The number of nitrogens with one attached hydrogen (secondary N) is 1. The maximum atomic E-state index is 12.8. The Morgan fingerprint density at radius 1 is 0.929 bits per heavy atom. The predicted molar refractivity (Wildman–Crippen MR) is 108 cm³/mol. The number of pyridine rings is 2. The molecule has 0 unspecified atom stereocenters. The van der Waals surface area contributed by atoms with Gasteiger partial charge >= 0.3 is 0 Å². The van der Waals surface area contributed by atoms with Crippen LogP contribution in [-0.4, -0.2) is 35.0 Å². The van der Waals surface area contributed by atoms with Crippen molar-refractivity contribution >= 4 is 11.7 Å². The number of rotatable bonds is 5. The lowest BCUT2D eigenvalue weighted by molar-refractivity contribution is 0.0928. The molecule has 0 radical (unpaired) electrons. The summed E-state index contributed by atoms with van der Waals surface area (Å²) in [6.45, 7) is 1.73. The number of hydrogen-bond acceptors (Lipinski definition) is 5. The highest BCUT2D eigenvalue weighted by Gasteiger charge is 2.23. The minimum absolute atomic E-state index is 0.122. The molecule has 6 heteroatoms. The molecule has 1 aliphatic heterocycles. The van der Waals surface area contributed by atoms with Crippen LogP contribution in [0.3, 0.4) is 0 Å². The lowest BCUT2D eigenvalue weighted by atomic mass is 10.0. The smallest absolute Gasteiger partial charge is 0.257 e. The molecule has 0 aliphatic carbocycles. The summed E-state index contributed by atoms with van der Waals surface area (Å²) >= 11 is 0. The quantitative estimate of drug-likeness (QED) is 0.738. The molecule has 28 heavy (non-hydrogen) atoms. The van der Waals surface area contributed by atoms with E-state index >= 15 is 0 Å². The van der Waals surface area contributed by atoms with Gasteiger partial charge in [-0.05, 0) is 49.2 Å². The lowest BCUT2D eigenvalue weighted by Crippen LogP contribution is -2.45. The SMILES string of the molecule is O=C(NC1CCN(c2ccccn2)CC1)c1cccnc1Oc1ccccc1. The van der Waals surface area contributed by atoms with Crippen molar-refractivity contribution in [2.75, 3.05) is 18.0 Å². The molecule has 3 aromatic rings. The number of nitrogens with zero attached hydrogens (tertiary/aromatic N) is 3. The number of carbonyl (C=O) groups excluding carboxylic acids is 1. The summed E-state index contributed by atoms with van der Waals surface area (Å²) in [7, 11) is 0. The molecule has 4 rings (SSSR count). The van der Waals surface area contributed by atoms with E-state index in [1.165, 1.54) is 0 Å². The van der Waals surface area contributed by atoms with Gasteiger partial charge in [0.15, 0.2) is 0 Å². The average Bonchev–Trinajstić information content (AvgIpc) is 2.76. The van der Waals surface area contributed by atoms with Gasteiger partial charge in [-0.1, -0.05) is 24.3 Å². The van der Waals surface area contributed by atoms with E-state index in [4.69, 9.17) is 4.74 Å². The second-order valence-electron chi connectivity index (χ2n) is 6.69. The Bertz CT molecular complexity index is 910. The normalized spacial score (nSPS) is 14.5. The van der Waals surface area contributed by atoms with Gasteiger partial charge in [0.25, 0.3) is 5.91 Å². The van der Waals surface area contributed by atoms with Gasteiger partial charge in [0.1, 0.15) is 17.1 Å². The molecule has 0 bridgehead atoms. The molecule has 1 saturated heterocycles. The van der Waals surface area contributed by atoms with Gasteiger partial charge in [-0.3, -0.25) is 4.79 Å². The Hall–Kier alpha value is -3.41. The van der Waals surface area contributed by atoms with Crippen LogP contribution in [-0.2, 0) is 0 Å². The summed E-state index contributed by atoms with van der Waals surface area (Å²) in [6.07, 6.45) is 5.18. The first-order valence-electron chi connectivity index (χ1n) is 9.44. The first kappa shape index (κ1) is 18.0. The number of anilines is 1. The maximum Gasteiger partial charge on any atom is 0.257 e. The Morgan fingerprint density at radius 3 is 2.43 bits per heavy atom. The fraction of sp³-hybridized carbons (Fsp3) is 0.227. The van der Waals surface area contributed by atoms with Crippen molar-refractivity contribution in [1.29, 1.82) is 0 Å². The molecule has 0 atom stereocenters. The third kappa shape index (κ3) is 4.28. The predicted octanol–water partition coefficient (Wildman–Crippen LogP) is 3.67. The second kappa shape index (κ2) is 8.52. The van der Waals surface area contributed by atoms with Crippen LogP contribution in [0.25, 0.3) is 0 Å². The fourth-order valence-corrected chi connectivity index (χ4v) is 3.30. The fourth-order valence-electron chi connectivity index (χ4n) is 3.30. The molecule has 0 spiro atoms. The number of carbonyl (C=O) groups is 1. The van der Waals surface area contributed by atoms with Crippen molar-refractivity contribution in [3.8, 4) is 11.6 Å². The van der Waals surface area contributed by atoms with E-state index < -0.39 is 0 Å². The van der Waals surface area contributed by atoms with E-state index in [0.29, 0.717) is 17.2 Å². The third-order valence-corrected chi connectivity index (χ3v) is 4.78. The zero-order valence-electron chi connectivity index (χ0n) is 15.5. The van der Waals surface area contributed by atoms with Crippen molar-refractivity contribution in [2.45, 2.75) is 18.9 Å². The van der Waals surface area contributed by atoms with E-state index in [0.717, 1.165) is 31.7 Å². The largest absolute Gasteiger partial charge is 0.438 e. The van der Waals surface area contributed by atoms with Crippen molar-refractivity contribution in [3.63, 3.8) is 0 Å². The zero-order valence-corrected chi connectivity index (χ0v) is 15.5. The molecule has 3 heterocycles. The summed E-state index contributed by atoms with van der Waals surface area (Å²) in [5.74, 6) is 1.80. The monoisotopic (exact) mass is 374 g/mol. The summed E-state index contributed by atoms with van der Waals surface area (Å²) in [5, 5.41) is 3.13. The molecule has 6 nitrogen and oxygen atoms in total. The highest BCUT2D eigenvalue weighted by Crippen LogP contribution is 2.23. The highest BCUT2D eigenvalue weighted by molar-refractivity contribution is 5.96. The number of amides is 1. The summed E-state index contributed by atoms with van der Waals surface area (Å²) in [6, 6.07) is 18.9. The van der Waals surface area contributed by atoms with E-state index in [2.05, 4.69) is 20.2 Å². The van der Waals surface area contributed by atoms with Crippen molar-refractivity contribution < 1.29 is 9.53 Å². The standard InChI is InChI=1S/C22H22N4O2/c27-21(19-9-6-14-24-22(19)28-18-7-2-1-3-8-18)25-17-11-15-26(16-12-17)20-10-4-5-13-23-20/h1-10,13-14,17H,11-12,15-16H2,(H,25,27). The van der Waals surface area contributed by atoms with Crippen LogP contribution < -0.4 is 15.0 Å². The van der Waals surface area contributed by atoms with Gasteiger partial charge in [0.2, 0.25) is 5.88 Å². The van der Waals surface area contributed by atoms with Crippen LogP contribution in [0.15, 0.2) is 73.1 Å². The van der Waals surface area contributed by atoms with Gasteiger partial charge in [-0.25, -0.2) is 9.97 Å². The van der Waals surface area contributed by atoms with Crippen LogP contribution in [0.5, 0.6) is 11.6 Å². The minimum atomic E-state index is -0.157. The Morgan fingerprint density at radius 2 is 1.68 bits per heavy atom. The van der Waals surface area contributed by atoms with Crippen molar-refractivity contribution in [2.24, 2.45) is 0 Å². The molecule has 1 aliphatic rings. The second-order valence-corrected chi connectivity index (χ2v) is 6.69. The van der Waals surface area contributed by atoms with Gasteiger partial charge in [-0.15, -0.1) is 0 Å². The van der Waals surface area contributed by atoms with E-state index in [1.54, 1.807) is 24.5 Å². The molecule has 1 aromatic carbocycles. The van der Waals surface area contributed by atoms with Gasteiger partial charge in [0, 0.05) is 31.5 Å². The molecule has 142 valence electrons. The number of aromatic nitrogens is 2. The summed E-state index contributed by atoms with van der Waals surface area (Å²) < 4.78 is 5.81. The van der Waals surface area contributed by atoms with Crippen molar-refractivity contribution in [1.82, 2.24) is 15.3 Å². The van der Waals surface area contributed by atoms with Crippen LogP contribution >= 0.6 is 0 Å². The van der Waals surface area contributed by atoms with Crippen LogP contribution in [0.2, 0.25) is 0 Å². The maximum absolute atomic E-state index is 12.8. The summed E-state index contributed by atoms with van der Waals surface area (Å²) in [5.41, 5.74) is 0.443. The first-order chi connectivity index (χ1) is 13.8. The Balaban J connectivity index is 1.38. The van der Waals surface area contributed by atoms with Gasteiger partial charge in [0.05, 0.1) is 0 Å². The number of para-hydroxylation sites is 1. The Labute approximate surface area is 164 Å². The molecule has 1 fully saturated rings. The highest BCUT2D eigenvalue weighted by atomic mass is 16.5. The topological polar surface area (TPSA) is 67.4 Å². The molecule has 0 saturated carbocycles. The molecule has 1 amide bonds. The third-order valence-electron chi connectivity index (χ3n) is 4.78. The molecule has 2 aromatic heterocycles. The Kier molecular flexibility index (Phi) is 5.47.